The second kappa shape index (κ2) is 8.65. The summed E-state index contributed by atoms with van der Waals surface area (Å²) in [6.07, 6.45) is 1.86. The largest absolute Gasteiger partial charge is 0.489 e. The summed E-state index contributed by atoms with van der Waals surface area (Å²) in [5.41, 5.74) is 3.46. The molecule has 0 heterocycles. The molecule has 0 bridgehead atoms. The maximum atomic E-state index is 9.55. The monoisotopic (exact) mass is 395 g/mol. The number of rotatable bonds is 5. The van der Waals surface area contributed by atoms with E-state index < -0.39 is 0 Å². The van der Waals surface area contributed by atoms with Crippen LogP contribution in [0.2, 0.25) is 5.02 Å². The topological polar surface area (TPSA) is 33.0 Å². The van der Waals surface area contributed by atoms with Gasteiger partial charge in [-0.1, -0.05) is 78.3 Å². The molecule has 4 rings (SSSR count). The predicted molar refractivity (Wildman–Crippen MR) is 120 cm³/mol. The highest BCUT2D eigenvalue weighted by atomic mass is 35.5. The van der Waals surface area contributed by atoms with E-state index >= 15 is 0 Å². The quantitative estimate of drug-likeness (QED) is 0.266. The van der Waals surface area contributed by atoms with Crippen LogP contribution in [0, 0.1) is 11.3 Å². The Kier molecular flexibility index (Phi) is 5.61. The molecule has 0 aliphatic rings. The van der Waals surface area contributed by atoms with E-state index in [-0.39, 0.29) is 0 Å². The number of halogens is 1. The van der Waals surface area contributed by atoms with Crippen molar-refractivity contribution in [1.82, 2.24) is 0 Å². The summed E-state index contributed by atoms with van der Waals surface area (Å²) in [4.78, 5) is 0. The van der Waals surface area contributed by atoms with Crippen LogP contribution in [0.25, 0.3) is 22.4 Å². The van der Waals surface area contributed by atoms with E-state index in [9.17, 15) is 5.26 Å². The Hall–Kier alpha value is -3.54. The minimum absolute atomic E-state index is 0.483. The SMILES string of the molecule is N#C/C(=C/c1cccc(OCc2cccc3ccccc23)c1)c1ccc(Cl)cc1. The minimum atomic E-state index is 0.483. The van der Waals surface area contributed by atoms with Crippen molar-refractivity contribution in [3.8, 4) is 11.8 Å². The molecule has 0 aliphatic carbocycles. The second-order valence-electron chi connectivity index (χ2n) is 6.68. The van der Waals surface area contributed by atoms with Gasteiger partial charge in [0, 0.05) is 5.02 Å². The third-order valence-corrected chi connectivity index (χ3v) is 4.97. The summed E-state index contributed by atoms with van der Waals surface area (Å²) in [6.45, 7) is 0.483. The lowest BCUT2D eigenvalue weighted by atomic mass is 10.0. The van der Waals surface area contributed by atoms with E-state index in [2.05, 4.69) is 30.3 Å². The van der Waals surface area contributed by atoms with Gasteiger partial charge in [-0.2, -0.15) is 5.26 Å². The van der Waals surface area contributed by atoms with E-state index in [0.717, 1.165) is 22.4 Å². The first-order valence-electron chi connectivity index (χ1n) is 9.30. The molecular weight excluding hydrogens is 378 g/mol. The Morgan fingerprint density at radius 2 is 1.66 bits per heavy atom. The Morgan fingerprint density at radius 3 is 2.48 bits per heavy atom. The lowest BCUT2D eigenvalue weighted by molar-refractivity contribution is 0.307. The molecule has 140 valence electrons. The number of fused-ring (bicyclic) bond motifs is 1. The van der Waals surface area contributed by atoms with Gasteiger partial charge >= 0.3 is 0 Å². The molecule has 0 aliphatic heterocycles. The van der Waals surface area contributed by atoms with Gasteiger partial charge in [0.05, 0.1) is 11.6 Å². The highest BCUT2D eigenvalue weighted by molar-refractivity contribution is 6.30. The zero-order valence-electron chi connectivity index (χ0n) is 15.7. The molecule has 4 aromatic carbocycles. The molecule has 0 fully saturated rings. The highest BCUT2D eigenvalue weighted by Crippen LogP contribution is 2.24. The van der Waals surface area contributed by atoms with E-state index in [1.165, 1.54) is 10.8 Å². The van der Waals surface area contributed by atoms with Crippen LogP contribution in [-0.2, 0) is 6.61 Å². The van der Waals surface area contributed by atoms with Gasteiger partial charge in [0.15, 0.2) is 0 Å². The average Bonchev–Trinajstić information content (AvgIpc) is 2.77. The molecule has 0 atom stereocenters. The molecule has 0 saturated heterocycles. The van der Waals surface area contributed by atoms with Crippen molar-refractivity contribution in [1.29, 1.82) is 5.26 Å². The summed E-state index contributed by atoms with van der Waals surface area (Å²) in [7, 11) is 0. The fraction of sp³-hybridized carbons (Fsp3) is 0.0385. The maximum absolute atomic E-state index is 9.55. The second-order valence-corrected chi connectivity index (χ2v) is 7.11. The van der Waals surface area contributed by atoms with Gasteiger partial charge in [-0.25, -0.2) is 0 Å². The van der Waals surface area contributed by atoms with Crippen LogP contribution in [-0.4, -0.2) is 0 Å². The number of nitriles is 1. The van der Waals surface area contributed by atoms with Crippen molar-refractivity contribution in [2.75, 3.05) is 0 Å². The number of hydrogen-bond donors (Lipinski definition) is 0. The fourth-order valence-electron chi connectivity index (χ4n) is 3.25. The Labute approximate surface area is 175 Å². The first kappa shape index (κ1) is 18.8. The smallest absolute Gasteiger partial charge is 0.120 e. The zero-order chi connectivity index (χ0) is 20.1. The van der Waals surface area contributed by atoms with Crippen molar-refractivity contribution in [3.63, 3.8) is 0 Å². The summed E-state index contributed by atoms with van der Waals surface area (Å²) in [5.74, 6) is 0.764. The van der Waals surface area contributed by atoms with Crippen LogP contribution in [0.4, 0.5) is 0 Å². The van der Waals surface area contributed by atoms with Gasteiger partial charge in [-0.15, -0.1) is 0 Å². The van der Waals surface area contributed by atoms with E-state index in [4.69, 9.17) is 16.3 Å². The molecule has 0 unspecified atom stereocenters. The lowest BCUT2D eigenvalue weighted by Gasteiger charge is -2.10. The van der Waals surface area contributed by atoms with Crippen LogP contribution in [0.1, 0.15) is 16.7 Å². The summed E-state index contributed by atoms with van der Waals surface area (Å²) in [5, 5.41) is 12.6. The Bertz CT molecular complexity index is 1210. The van der Waals surface area contributed by atoms with Crippen LogP contribution >= 0.6 is 11.6 Å². The zero-order valence-corrected chi connectivity index (χ0v) is 16.4. The van der Waals surface area contributed by atoms with Crippen LogP contribution in [0.3, 0.4) is 0 Å². The highest BCUT2D eigenvalue weighted by Gasteiger charge is 2.04. The van der Waals surface area contributed by atoms with Crippen molar-refractivity contribution in [3.05, 3.63) is 113 Å². The molecule has 0 radical (unpaired) electrons. The van der Waals surface area contributed by atoms with Gasteiger partial charge in [0.25, 0.3) is 0 Å². The van der Waals surface area contributed by atoms with Crippen molar-refractivity contribution >= 4 is 34.0 Å². The van der Waals surface area contributed by atoms with Gasteiger partial charge in [0.2, 0.25) is 0 Å². The molecule has 4 aromatic rings. The van der Waals surface area contributed by atoms with Crippen molar-refractivity contribution in [2.45, 2.75) is 6.61 Å². The van der Waals surface area contributed by atoms with E-state index in [1.54, 1.807) is 12.1 Å². The number of benzene rings is 4. The summed E-state index contributed by atoms with van der Waals surface area (Å²) in [6, 6.07) is 31.8. The third-order valence-electron chi connectivity index (χ3n) is 4.72. The summed E-state index contributed by atoms with van der Waals surface area (Å²) < 4.78 is 6.05. The normalized spacial score (nSPS) is 11.2. The van der Waals surface area contributed by atoms with Crippen molar-refractivity contribution in [2.24, 2.45) is 0 Å². The van der Waals surface area contributed by atoms with Gasteiger partial charge < -0.3 is 4.74 Å². The predicted octanol–water partition coefficient (Wildman–Crippen LogP) is 7.14. The Morgan fingerprint density at radius 1 is 0.897 bits per heavy atom. The molecule has 29 heavy (non-hydrogen) atoms. The third kappa shape index (κ3) is 4.48. The van der Waals surface area contributed by atoms with Crippen LogP contribution < -0.4 is 4.74 Å². The van der Waals surface area contributed by atoms with Gasteiger partial charge in [0.1, 0.15) is 12.4 Å². The van der Waals surface area contributed by atoms with E-state index in [0.29, 0.717) is 17.2 Å². The lowest BCUT2D eigenvalue weighted by Crippen LogP contribution is -1.96. The summed E-state index contributed by atoms with van der Waals surface area (Å²) >= 11 is 5.94. The van der Waals surface area contributed by atoms with Gasteiger partial charge in [-0.05, 0) is 57.8 Å². The van der Waals surface area contributed by atoms with Crippen LogP contribution in [0.5, 0.6) is 5.75 Å². The first-order chi connectivity index (χ1) is 14.2. The van der Waals surface area contributed by atoms with Crippen molar-refractivity contribution < 1.29 is 4.74 Å². The van der Waals surface area contributed by atoms with E-state index in [1.807, 2.05) is 60.7 Å². The molecule has 0 aromatic heterocycles. The fourth-order valence-corrected chi connectivity index (χ4v) is 3.38. The number of hydrogen-bond acceptors (Lipinski definition) is 2. The van der Waals surface area contributed by atoms with Gasteiger partial charge in [-0.3, -0.25) is 0 Å². The minimum Gasteiger partial charge on any atom is -0.489 e. The number of ether oxygens (including phenoxy) is 1. The standard InChI is InChI=1S/C26H18ClNO/c27-24-13-11-20(12-14-24)23(17-28)15-19-5-3-9-25(16-19)29-18-22-8-4-7-21-6-1-2-10-26(21)22/h1-16H,18H2/b23-15-. The maximum Gasteiger partial charge on any atom is 0.120 e. The molecule has 0 amide bonds. The molecule has 3 heteroatoms. The number of allylic oxidation sites excluding steroid dienone is 1. The first-order valence-corrected chi connectivity index (χ1v) is 9.68. The molecule has 2 nitrogen and oxygen atoms in total. The molecule has 0 N–H and O–H groups in total. The average molecular weight is 396 g/mol. The molecular formula is C26H18ClNO. The molecule has 0 spiro atoms. The molecule has 0 saturated carbocycles. The Balaban J connectivity index is 1.55. The number of nitrogens with zero attached hydrogens (tertiary/aromatic N) is 1. The van der Waals surface area contributed by atoms with Crippen LogP contribution in [0.15, 0.2) is 91.0 Å².